The lowest BCUT2D eigenvalue weighted by atomic mass is 9.83. The van der Waals surface area contributed by atoms with Gasteiger partial charge in [0.1, 0.15) is 0 Å². The van der Waals surface area contributed by atoms with Gasteiger partial charge < -0.3 is 4.74 Å². The van der Waals surface area contributed by atoms with Crippen molar-refractivity contribution >= 4 is 5.97 Å². The molecule has 1 saturated carbocycles. The number of hydrogen-bond acceptors (Lipinski definition) is 2. The van der Waals surface area contributed by atoms with Crippen LogP contribution in [0.5, 0.6) is 0 Å². The highest BCUT2D eigenvalue weighted by atomic mass is 19.1. The monoisotopic (exact) mass is 174 g/mol. The molecule has 0 N–H and O–H groups in total. The second kappa shape index (κ2) is 4.43. The van der Waals surface area contributed by atoms with E-state index in [1.807, 2.05) is 0 Å². The Balaban J connectivity index is 2.30. The van der Waals surface area contributed by atoms with Gasteiger partial charge in [-0.3, -0.25) is 9.18 Å². The van der Waals surface area contributed by atoms with Crippen molar-refractivity contribution in [3.63, 3.8) is 0 Å². The molecule has 0 atom stereocenters. The second-order valence-corrected chi connectivity index (χ2v) is 3.40. The number of carbonyl (C=O) groups is 1. The number of ether oxygens (including phenoxy) is 1. The molecule has 0 aromatic heterocycles. The van der Waals surface area contributed by atoms with Crippen molar-refractivity contribution < 1.29 is 13.9 Å². The minimum absolute atomic E-state index is 0.0257. The standard InChI is InChI=1S/C9H15FO2/c1-12-9(11)8-4-2-7(6-10)3-5-8/h7-8H,2-6H2,1H3/t7-,8-. The highest BCUT2D eigenvalue weighted by Crippen LogP contribution is 2.29. The Labute approximate surface area is 72.1 Å². The van der Waals surface area contributed by atoms with Gasteiger partial charge in [0, 0.05) is 0 Å². The third-order valence-corrected chi connectivity index (χ3v) is 2.60. The van der Waals surface area contributed by atoms with Gasteiger partial charge in [0.2, 0.25) is 0 Å². The van der Waals surface area contributed by atoms with E-state index in [1.54, 1.807) is 0 Å². The van der Waals surface area contributed by atoms with Crippen LogP contribution in [-0.2, 0) is 9.53 Å². The predicted molar refractivity (Wildman–Crippen MR) is 43.4 cm³/mol. The molecule has 0 bridgehead atoms. The van der Waals surface area contributed by atoms with Crippen molar-refractivity contribution in [1.29, 1.82) is 0 Å². The van der Waals surface area contributed by atoms with Gasteiger partial charge in [-0.1, -0.05) is 0 Å². The van der Waals surface area contributed by atoms with Crippen LogP contribution in [-0.4, -0.2) is 19.8 Å². The average molecular weight is 174 g/mol. The van der Waals surface area contributed by atoms with Crippen molar-refractivity contribution in [2.75, 3.05) is 13.8 Å². The van der Waals surface area contributed by atoms with Crippen LogP contribution in [0.4, 0.5) is 4.39 Å². The number of alkyl halides is 1. The molecular formula is C9H15FO2. The van der Waals surface area contributed by atoms with Gasteiger partial charge >= 0.3 is 5.97 Å². The van der Waals surface area contributed by atoms with Crippen molar-refractivity contribution in [2.45, 2.75) is 25.7 Å². The van der Waals surface area contributed by atoms with Gasteiger partial charge in [-0.25, -0.2) is 0 Å². The fraction of sp³-hybridized carbons (Fsp3) is 0.889. The van der Waals surface area contributed by atoms with E-state index >= 15 is 0 Å². The van der Waals surface area contributed by atoms with Crippen LogP contribution in [0.15, 0.2) is 0 Å². The van der Waals surface area contributed by atoms with Crippen LogP contribution < -0.4 is 0 Å². The van der Waals surface area contributed by atoms with Gasteiger partial charge in [0.25, 0.3) is 0 Å². The minimum Gasteiger partial charge on any atom is -0.469 e. The minimum atomic E-state index is -0.242. The first-order chi connectivity index (χ1) is 5.77. The van der Waals surface area contributed by atoms with Gasteiger partial charge in [-0.2, -0.15) is 0 Å². The third kappa shape index (κ3) is 2.19. The van der Waals surface area contributed by atoms with Crippen LogP contribution in [0, 0.1) is 11.8 Å². The Morgan fingerprint density at radius 1 is 1.42 bits per heavy atom. The van der Waals surface area contributed by atoms with Crippen molar-refractivity contribution in [1.82, 2.24) is 0 Å². The molecule has 1 aliphatic carbocycles. The fourth-order valence-corrected chi connectivity index (χ4v) is 1.72. The first-order valence-electron chi connectivity index (χ1n) is 4.41. The van der Waals surface area contributed by atoms with E-state index in [1.165, 1.54) is 7.11 Å². The Hall–Kier alpha value is -0.600. The van der Waals surface area contributed by atoms with Gasteiger partial charge in [0.15, 0.2) is 0 Å². The quantitative estimate of drug-likeness (QED) is 0.598. The SMILES string of the molecule is COC(=O)[C@H]1CC[C@H](CF)CC1. The number of esters is 1. The molecule has 1 aliphatic rings. The molecule has 0 aliphatic heterocycles. The zero-order valence-electron chi connectivity index (χ0n) is 7.38. The Kier molecular flexibility index (Phi) is 3.50. The molecule has 0 saturated heterocycles. The van der Waals surface area contributed by atoms with Crippen LogP contribution in [0.25, 0.3) is 0 Å². The van der Waals surface area contributed by atoms with E-state index in [9.17, 15) is 9.18 Å². The zero-order valence-corrected chi connectivity index (χ0v) is 7.38. The number of rotatable bonds is 2. The highest BCUT2D eigenvalue weighted by molar-refractivity contribution is 5.72. The van der Waals surface area contributed by atoms with E-state index < -0.39 is 0 Å². The number of hydrogen-bond donors (Lipinski definition) is 0. The third-order valence-electron chi connectivity index (χ3n) is 2.60. The van der Waals surface area contributed by atoms with Crippen molar-refractivity contribution in [3.8, 4) is 0 Å². The van der Waals surface area contributed by atoms with E-state index in [0.29, 0.717) is 0 Å². The highest BCUT2D eigenvalue weighted by Gasteiger charge is 2.26. The molecule has 0 radical (unpaired) electrons. The van der Waals surface area contributed by atoms with Gasteiger partial charge in [0.05, 0.1) is 19.7 Å². The van der Waals surface area contributed by atoms with E-state index in [2.05, 4.69) is 4.74 Å². The summed E-state index contributed by atoms with van der Waals surface area (Å²) in [5.74, 6) is 0.0796. The molecule has 0 spiro atoms. The average Bonchev–Trinajstić information content (AvgIpc) is 2.17. The maximum absolute atomic E-state index is 12.2. The number of halogens is 1. The first-order valence-corrected chi connectivity index (χ1v) is 4.41. The molecule has 70 valence electrons. The first kappa shape index (κ1) is 9.49. The summed E-state index contributed by atoms with van der Waals surface area (Å²) >= 11 is 0. The smallest absolute Gasteiger partial charge is 0.308 e. The maximum atomic E-state index is 12.2. The lowest BCUT2D eigenvalue weighted by Crippen LogP contribution is -2.23. The summed E-state index contributed by atoms with van der Waals surface area (Å²) in [4.78, 5) is 11.0. The summed E-state index contributed by atoms with van der Waals surface area (Å²) in [5, 5.41) is 0. The largest absolute Gasteiger partial charge is 0.469 e. The molecule has 1 fully saturated rings. The van der Waals surface area contributed by atoms with E-state index in [0.717, 1.165) is 25.7 Å². The maximum Gasteiger partial charge on any atom is 0.308 e. The molecule has 0 heterocycles. The lowest BCUT2D eigenvalue weighted by molar-refractivity contribution is -0.146. The summed E-state index contributed by atoms with van der Waals surface area (Å²) < 4.78 is 16.8. The van der Waals surface area contributed by atoms with Gasteiger partial charge in [-0.05, 0) is 31.6 Å². The molecule has 0 unspecified atom stereocenters. The summed E-state index contributed by atoms with van der Waals surface area (Å²) in [6, 6.07) is 0. The molecule has 0 aromatic carbocycles. The van der Waals surface area contributed by atoms with Crippen LogP contribution in [0.2, 0.25) is 0 Å². The molecule has 0 aromatic rings. The Morgan fingerprint density at radius 2 is 2.00 bits per heavy atom. The van der Waals surface area contributed by atoms with Crippen LogP contribution in [0.3, 0.4) is 0 Å². The van der Waals surface area contributed by atoms with Crippen molar-refractivity contribution in [3.05, 3.63) is 0 Å². The molecule has 12 heavy (non-hydrogen) atoms. The summed E-state index contributed by atoms with van der Waals surface area (Å²) in [6.45, 7) is -0.242. The summed E-state index contributed by atoms with van der Waals surface area (Å²) in [5.41, 5.74) is 0. The zero-order chi connectivity index (χ0) is 8.97. The van der Waals surface area contributed by atoms with Crippen molar-refractivity contribution in [2.24, 2.45) is 11.8 Å². The summed E-state index contributed by atoms with van der Waals surface area (Å²) in [6.07, 6.45) is 3.25. The van der Waals surface area contributed by atoms with Crippen LogP contribution >= 0.6 is 0 Å². The molecular weight excluding hydrogens is 159 g/mol. The predicted octanol–water partition coefficient (Wildman–Crippen LogP) is 1.94. The Morgan fingerprint density at radius 3 is 2.42 bits per heavy atom. The fourth-order valence-electron chi connectivity index (χ4n) is 1.72. The normalized spacial score (nSPS) is 29.8. The molecule has 3 heteroatoms. The number of methoxy groups -OCH3 is 1. The molecule has 0 amide bonds. The van der Waals surface area contributed by atoms with E-state index in [4.69, 9.17) is 0 Å². The number of carbonyl (C=O) groups excluding carboxylic acids is 1. The topological polar surface area (TPSA) is 26.3 Å². The van der Waals surface area contributed by atoms with Crippen LogP contribution in [0.1, 0.15) is 25.7 Å². The Bertz CT molecular complexity index is 151. The second-order valence-electron chi connectivity index (χ2n) is 3.40. The lowest BCUT2D eigenvalue weighted by Gasteiger charge is -2.24. The molecule has 2 nitrogen and oxygen atoms in total. The molecule has 1 rings (SSSR count). The summed E-state index contributed by atoms with van der Waals surface area (Å²) in [7, 11) is 1.41. The van der Waals surface area contributed by atoms with Gasteiger partial charge in [-0.15, -0.1) is 0 Å². The van der Waals surface area contributed by atoms with E-state index in [-0.39, 0.29) is 24.5 Å².